The van der Waals surface area contributed by atoms with Gasteiger partial charge in [0, 0.05) is 0 Å². The molecule has 0 aliphatic carbocycles. The first-order chi connectivity index (χ1) is 7.48. The zero-order valence-electron chi connectivity index (χ0n) is 11.2. The Kier molecular flexibility index (Phi) is 3.41. The summed E-state index contributed by atoms with van der Waals surface area (Å²) in [6.07, 6.45) is -0.495. The van der Waals surface area contributed by atoms with E-state index in [9.17, 15) is 20.4 Å². The van der Waals surface area contributed by atoms with Gasteiger partial charge in [-0.3, -0.25) is 0 Å². The molecule has 5 unspecified atom stereocenters. The summed E-state index contributed by atoms with van der Waals surface area (Å²) in [5.74, 6) is 0. The Balaban J connectivity index is 3.34. The zero-order valence-corrected chi connectivity index (χ0v) is 11.2. The van der Waals surface area contributed by atoms with E-state index >= 15 is 0 Å². The molecule has 1 heterocycles. The standard InChI is InChI=1S/C12H24O5/c1-6-9(2)11(4,15)12(5,16)10(3,14)8(7-13)17-9/h8,13-16H,6-7H2,1-5H3. The van der Waals surface area contributed by atoms with Crippen molar-refractivity contribution in [2.24, 2.45) is 0 Å². The monoisotopic (exact) mass is 248 g/mol. The predicted octanol–water partition coefficient (Wildman–Crippen LogP) is -0.201. The van der Waals surface area contributed by atoms with Gasteiger partial charge in [0.2, 0.25) is 0 Å². The topological polar surface area (TPSA) is 90.2 Å². The maximum Gasteiger partial charge on any atom is 0.124 e. The van der Waals surface area contributed by atoms with Crippen LogP contribution in [0.2, 0.25) is 0 Å². The van der Waals surface area contributed by atoms with Crippen LogP contribution in [0.4, 0.5) is 0 Å². The van der Waals surface area contributed by atoms with Crippen molar-refractivity contribution in [2.45, 2.75) is 69.5 Å². The second-order valence-corrected chi connectivity index (χ2v) is 5.67. The minimum Gasteiger partial charge on any atom is -0.394 e. The Morgan fingerprint density at radius 3 is 1.82 bits per heavy atom. The summed E-state index contributed by atoms with van der Waals surface area (Å²) in [6.45, 7) is 7.23. The smallest absolute Gasteiger partial charge is 0.124 e. The molecular weight excluding hydrogens is 224 g/mol. The van der Waals surface area contributed by atoms with Crippen LogP contribution in [-0.4, -0.2) is 55.5 Å². The summed E-state index contributed by atoms with van der Waals surface area (Å²) in [6, 6.07) is 0. The largest absolute Gasteiger partial charge is 0.394 e. The van der Waals surface area contributed by atoms with Gasteiger partial charge in [-0.05, 0) is 34.1 Å². The highest BCUT2D eigenvalue weighted by Crippen LogP contribution is 2.50. The van der Waals surface area contributed by atoms with Gasteiger partial charge in [-0.2, -0.15) is 0 Å². The highest BCUT2D eigenvalue weighted by molar-refractivity contribution is 5.19. The van der Waals surface area contributed by atoms with Crippen molar-refractivity contribution in [3.8, 4) is 0 Å². The van der Waals surface area contributed by atoms with Crippen molar-refractivity contribution in [1.29, 1.82) is 0 Å². The van der Waals surface area contributed by atoms with Crippen LogP contribution in [0.3, 0.4) is 0 Å². The lowest BCUT2D eigenvalue weighted by Crippen LogP contribution is -2.80. The van der Waals surface area contributed by atoms with Gasteiger partial charge in [0.1, 0.15) is 22.9 Å². The van der Waals surface area contributed by atoms with E-state index in [2.05, 4.69) is 0 Å². The highest BCUT2D eigenvalue weighted by atomic mass is 16.6. The zero-order chi connectivity index (χ0) is 13.7. The van der Waals surface area contributed by atoms with E-state index < -0.39 is 35.1 Å². The molecule has 5 nitrogen and oxygen atoms in total. The third-order valence-corrected chi connectivity index (χ3v) is 4.83. The van der Waals surface area contributed by atoms with Crippen molar-refractivity contribution < 1.29 is 25.2 Å². The van der Waals surface area contributed by atoms with E-state index in [4.69, 9.17) is 4.74 Å². The van der Waals surface area contributed by atoms with Gasteiger partial charge < -0.3 is 25.2 Å². The fourth-order valence-corrected chi connectivity index (χ4v) is 2.51. The molecule has 102 valence electrons. The molecule has 1 rings (SSSR count). The Hall–Kier alpha value is -0.200. The first kappa shape index (κ1) is 14.9. The Labute approximate surface area is 102 Å². The highest BCUT2D eigenvalue weighted by Gasteiger charge is 2.69. The lowest BCUT2D eigenvalue weighted by molar-refractivity contribution is -0.373. The van der Waals surface area contributed by atoms with Gasteiger partial charge in [-0.1, -0.05) is 6.92 Å². The van der Waals surface area contributed by atoms with Crippen molar-refractivity contribution >= 4 is 0 Å². The quantitative estimate of drug-likeness (QED) is 0.543. The molecule has 0 bridgehead atoms. The van der Waals surface area contributed by atoms with E-state index in [-0.39, 0.29) is 0 Å². The molecule has 0 amide bonds. The summed E-state index contributed by atoms with van der Waals surface area (Å²) in [5.41, 5.74) is -6.20. The Morgan fingerprint density at radius 1 is 1.00 bits per heavy atom. The maximum absolute atomic E-state index is 10.6. The van der Waals surface area contributed by atoms with Gasteiger partial charge >= 0.3 is 0 Å². The Bertz CT molecular complexity index is 297. The molecule has 0 saturated carbocycles. The summed E-state index contributed by atoms with van der Waals surface area (Å²) < 4.78 is 5.63. The Morgan fingerprint density at radius 2 is 1.47 bits per heavy atom. The molecule has 5 atom stereocenters. The molecule has 0 radical (unpaired) electrons. The van der Waals surface area contributed by atoms with Crippen LogP contribution in [0.25, 0.3) is 0 Å². The minimum atomic E-state index is -1.80. The normalized spacial score (nSPS) is 55.9. The van der Waals surface area contributed by atoms with E-state index in [1.165, 1.54) is 20.8 Å². The molecule has 1 fully saturated rings. The first-order valence-electron chi connectivity index (χ1n) is 5.93. The van der Waals surface area contributed by atoms with Gasteiger partial charge in [0.15, 0.2) is 0 Å². The average molecular weight is 248 g/mol. The van der Waals surface area contributed by atoms with E-state index in [1.807, 2.05) is 6.92 Å². The van der Waals surface area contributed by atoms with E-state index in [0.29, 0.717) is 6.42 Å². The molecule has 5 heteroatoms. The molecule has 1 saturated heterocycles. The molecule has 1 aliphatic heterocycles. The van der Waals surface area contributed by atoms with Crippen LogP contribution < -0.4 is 0 Å². The fraction of sp³-hybridized carbons (Fsp3) is 1.00. The number of rotatable bonds is 2. The summed E-state index contributed by atoms with van der Waals surface area (Å²) >= 11 is 0. The maximum atomic E-state index is 10.6. The van der Waals surface area contributed by atoms with Gasteiger partial charge in [-0.15, -0.1) is 0 Å². The SMILES string of the molecule is CCC1(C)OC(CO)C(C)(O)C(C)(O)C1(C)O. The average Bonchev–Trinajstić information content (AvgIpc) is 2.22. The van der Waals surface area contributed by atoms with E-state index in [1.54, 1.807) is 6.92 Å². The van der Waals surface area contributed by atoms with Crippen LogP contribution in [0.15, 0.2) is 0 Å². The number of aliphatic hydroxyl groups is 4. The number of hydrogen-bond donors (Lipinski definition) is 4. The third kappa shape index (κ3) is 1.64. The first-order valence-corrected chi connectivity index (χ1v) is 5.93. The van der Waals surface area contributed by atoms with Crippen LogP contribution in [0.5, 0.6) is 0 Å². The van der Waals surface area contributed by atoms with Crippen LogP contribution in [0, 0.1) is 0 Å². The van der Waals surface area contributed by atoms with Crippen molar-refractivity contribution in [3.63, 3.8) is 0 Å². The predicted molar refractivity (Wildman–Crippen MR) is 62.5 cm³/mol. The molecule has 4 N–H and O–H groups in total. The number of hydrogen-bond acceptors (Lipinski definition) is 5. The summed E-state index contributed by atoms with van der Waals surface area (Å²) in [4.78, 5) is 0. The van der Waals surface area contributed by atoms with Crippen LogP contribution in [-0.2, 0) is 4.74 Å². The van der Waals surface area contributed by atoms with Gasteiger partial charge in [0.05, 0.1) is 12.2 Å². The minimum absolute atomic E-state index is 0.422. The van der Waals surface area contributed by atoms with Crippen molar-refractivity contribution in [2.75, 3.05) is 6.61 Å². The van der Waals surface area contributed by atoms with Crippen molar-refractivity contribution in [1.82, 2.24) is 0 Å². The van der Waals surface area contributed by atoms with Crippen molar-refractivity contribution in [3.05, 3.63) is 0 Å². The molecular formula is C12H24O5. The molecule has 1 aliphatic rings. The van der Waals surface area contributed by atoms with Crippen LogP contribution in [0.1, 0.15) is 41.0 Å². The lowest BCUT2D eigenvalue weighted by Gasteiger charge is -2.62. The number of aliphatic hydroxyl groups excluding tert-OH is 1. The second-order valence-electron chi connectivity index (χ2n) is 5.67. The number of ether oxygens (including phenoxy) is 1. The summed E-state index contributed by atoms with van der Waals surface area (Å²) in [7, 11) is 0. The second kappa shape index (κ2) is 3.90. The van der Waals surface area contributed by atoms with Gasteiger partial charge in [0.25, 0.3) is 0 Å². The van der Waals surface area contributed by atoms with E-state index in [0.717, 1.165) is 0 Å². The molecule has 0 spiro atoms. The summed E-state index contributed by atoms with van der Waals surface area (Å²) in [5, 5.41) is 40.7. The molecule has 0 aromatic rings. The third-order valence-electron chi connectivity index (χ3n) is 4.83. The van der Waals surface area contributed by atoms with Gasteiger partial charge in [-0.25, -0.2) is 0 Å². The van der Waals surface area contributed by atoms with Crippen LogP contribution >= 0.6 is 0 Å². The molecule has 0 aromatic carbocycles. The fourth-order valence-electron chi connectivity index (χ4n) is 2.51. The molecule has 17 heavy (non-hydrogen) atoms. The molecule has 0 aromatic heterocycles. The lowest BCUT2D eigenvalue weighted by atomic mass is 9.61.